The zero-order chi connectivity index (χ0) is 8.81. The minimum absolute atomic E-state index is 0. The van der Waals surface area contributed by atoms with Crippen LogP contribution in [0.1, 0.15) is 5.56 Å². The first kappa shape index (κ1) is 11.7. The van der Waals surface area contributed by atoms with Crippen LogP contribution in [0.2, 0.25) is 0 Å². The molecule has 1 N–H and O–H groups in total. The average Bonchev–Trinajstić information content (AvgIpc) is 2.16. The summed E-state index contributed by atoms with van der Waals surface area (Å²) in [5.41, 5.74) is 1.07. The third kappa shape index (κ3) is 4.33. The smallest absolute Gasteiger partial charge is 0.205 e. The monoisotopic (exact) mass is 197 g/mol. The van der Waals surface area contributed by atoms with Gasteiger partial charge in [-0.3, -0.25) is 5.41 Å². The molecule has 1 aromatic carbocycles. The summed E-state index contributed by atoms with van der Waals surface area (Å²) < 4.78 is 4.67. The van der Waals surface area contributed by atoms with Crippen LogP contribution < -0.4 is 0 Å². The third-order valence-electron chi connectivity index (χ3n) is 1.45. The van der Waals surface area contributed by atoms with Crippen LogP contribution in [0, 0.1) is 5.41 Å². The number of hydrogen-bond acceptors (Lipinski definition) is 2. The molecule has 13 heavy (non-hydrogen) atoms. The van der Waals surface area contributed by atoms with Gasteiger partial charge in [-0.1, -0.05) is 30.3 Å². The summed E-state index contributed by atoms with van der Waals surface area (Å²) in [5, 5.41) is 7.18. The Balaban J connectivity index is 0.00000144. The Morgan fingerprint density at radius 3 is 2.46 bits per heavy atom. The number of methoxy groups -OCH3 is 1. The van der Waals surface area contributed by atoms with Crippen molar-refractivity contribution >= 4 is 24.4 Å². The van der Waals surface area contributed by atoms with Gasteiger partial charge >= 0.3 is 0 Å². The topological polar surface area (TPSA) is 33.1 Å². The number of hydrogen-bond donors (Lipinski definition) is 1. The highest BCUT2D eigenvalue weighted by Gasteiger charge is 1.85. The Morgan fingerprint density at radius 1 is 1.31 bits per heavy atom. The van der Waals surface area contributed by atoms with E-state index in [2.05, 4.69) is 4.74 Å². The van der Waals surface area contributed by atoms with Crippen LogP contribution in [0.4, 0.5) is 0 Å². The molecule has 0 aliphatic heterocycles. The van der Waals surface area contributed by atoms with E-state index in [4.69, 9.17) is 5.41 Å². The highest BCUT2D eigenvalue weighted by Crippen LogP contribution is 2.00. The number of halogens is 1. The predicted molar refractivity (Wildman–Crippen MR) is 57.5 cm³/mol. The summed E-state index contributed by atoms with van der Waals surface area (Å²) in [4.78, 5) is 0. The van der Waals surface area contributed by atoms with Crippen molar-refractivity contribution in [1.29, 1.82) is 5.41 Å². The number of benzene rings is 1. The third-order valence-corrected chi connectivity index (χ3v) is 1.45. The molecule has 0 atom stereocenters. The molecule has 1 aromatic rings. The molecule has 0 bridgehead atoms. The van der Waals surface area contributed by atoms with Crippen LogP contribution >= 0.6 is 12.4 Å². The first-order valence-electron chi connectivity index (χ1n) is 3.68. The molecule has 0 amide bonds. The molecule has 0 heterocycles. The van der Waals surface area contributed by atoms with Crippen molar-refractivity contribution in [3.63, 3.8) is 0 Å². The Kier molecular flexibility index (Phi) is 5.64. The van der Waals surface area contributed by atoms with E-state index in [1.807, 2.05) is 36.4 Å². The van der Waals surface area contributed by atoms with E-state index in [0.29, 0.717) is 0 Å². The predicted octanol–water partition coefficient (Wildman–Crippen LogP) is 2.75. The second-order valence-corrected chi connectivity index (χ2v) is 2.31. The zero-order valence-corrected chi connectivity index (χ0v) is 8.17. The summed E-state index contributed by atoms with van der Waals surface area (Å²) in [6, 6.07) is 9.81. The number of rotatable bonds is 2. The summed E-state index contributed by atoms with van der Waals surface area (Å²) >= 11 is 0. The van der Waals surface area contributed by atoms with Crippen molar-refractivity contribution in [3.05, 3.63) is 42.0 Å². The molecule has 0 fully saturated rings. The van der Waals surface area contributed by atoms with Gasteiger partial charge in [0.05, 0.1) is 7.11 Å². The van der Waals surface area contributed by atoms with Gasteiger partial charge in [0.15, 0.2) is 0 Å². The lowest BCUT2D eigenvalue weighted by Gasteiger charge is -1.93. The number of nitrogens with one attached hydrogen (secondary N) is 1. The van der Waals surface area contributed by atoms with Crippen LogP contribution in [0.15, 0.2) is 36.4 Å². The molecule has 0 saturated heterocycles. The molecule has 0 saturated carbocycles. The molecule has 0 radical (unpaired) electrons. The first-order valence-corrected chi connectivity index (χ1v) is 3.68. The van der Waals surface area contributed by atoms with Crippen molar-refractivity contribution in [3.8, 4) is 0 Å². The van der Waals surface area contributed by atoms with E-state index in [0.717, 1.165) is 5.56 Å². The minimum atomic E-state index is 0. The van der Waals surface area contributed by atoms with Crippen LogP contribution in [-0.4, -0.2) is 13.0 Å². The maximum Gasteiger partial charge on any atom is 0.205 e. The molecule has 0 aromatic heterocycles. The average molecular weight is 198 g/mol. The van der Waals surface area contributed by atoms with E-state index in [1.165, 1.54) is 7.11 Å². The second kappa shape index (κ2) is 6.26. The summed E-state index contributed by atoms with van der Waals surface area (Å²) in [6.45, 7) is 0. The molecule has 0 unspecified atom stereocenters. The van der Waals surface area contributed by atoms with Crippen LogP contribution in [0.5, 0.6) is 0 Å². The van der Waals surface area contributed by atoms with E-state index < -0.39 is 0 Å². The summed E-state index contributed by atoms with van der Waals surface area (Å²) in [6.07, 6.45) is 3.46. The molecular weight excluding hydrogens is 186 g/mol. The maximum atomic E-state index is 7.18. The molecule has 70 valence electrons. The van der Waals surface area contributed by atoms with Gasteiger partial charge in [-0.05, 0) is 11.6 Å². The van der Waals surface area contributed by atoms with Crippen molar-refractivity contribution in [2.75, 3.05) is 7.11 Å². The Labute approximate surface area is 84.2 Å². The molecular formula is C10H12ClNO. The van der Waals surface area contributed by atoms with Crippen molar-refractivity contribution < 1.29 is 4.74 Å². The van der Waals surface area contributed by atoms with E-state index in [-0.39, 0.29) is 18.3 Å². The lowest BCUT2D eigenvalue weighted by atomic mass is 10.2. The fraction of sp³-hybridized carbons (Fsp3) is 0.100. The fourth-order valence-corrected chi connectivity index (χ4v) is 0.804. The van der Waals surface area contributed by atoms with Gasteiger partial charge in [0.1, 0.15) is 0 Å². The zero-order valence-electron chi connectivity index (χ0n) is 7.36. The van der Waals surface area contributed by atoms with Gasteiger partial charge in [0.25, 0.3) is 0 Å². The standard InChI is InChI=1S/C10H11NO.ClH/c1-12-10(11)8-7-9-5-3-2-4-6-9;/h2-8,11H,1H3;1H. The van der Waals surface area contributed by atoms with Crippen molar-refractivity contribution in [2.24, 2.45) is 0 Å². The quantitative estimate of drug-likeness (QED) is 0.574. The lowest BCUT2D eigenvalue weighted by molar-refractivity contribution is 0.403. The van der Waals surface area contributed by atoms with Gasteiger partial charge in [0, 0.05) is 6.08 Å². The van der Waals surface area contributed by atoms with Crippen molar-refractivity contribution in [1.82, 2.24) is 0 Å². The van der Waals surface area contributed by atoms with Gasteiger partial charge in [-0.15, -0.1) is 12.4 Å². The van der Waals surface area contributed by atoms with Crippen LogP contribution in [0.3, 0.4) is 0 Å². The maximum absolute atomic E-state index is 7.18. The highest BCUT2D eigenvalue weighted by molar-refractivity contribution is 5.89. The van der Waals surface area contributed by atoms with E-state index in [9.17, 15) is 0 Å². The lowest BCUT2D eigenvalue weighted by Crippen LogP contribution is -1.91. The Bertz CT molecular complexity index is 282. The SMILES string of the molecule is COC(=N)C=Cc1ccccc1.Cl. The van der Waals surface area contributed by atoms with Crippen molar-refractivity contribution in [2.45, 2.75) is 0 Å². The molecule has 3 heteroatoms. The largest absolute Gasteiger partial charge is 0.481 e. The van der Waals surface area contributed by atoms with Gasteiger partial charge in [0.2, 0.25) is 5.90 Å². The fourth-order valence-electron chi connectivity index (χ4n) is 0.804. The summed E-state index contributed by atoms with van der Waals surface area (Å²) in [5.74, 6) is 0.166. The minimum Gasteiger partial charge on any atom is -0.481 e. The van der Waals surface area contributed by atoms with E-state index >= 15 is 0 Å². The molecule has 0 spiro atoms. The molecule has 1 rings (SSSR count). The normalized spacial score (nSPS) is 9.31. The Hall–Kier alpha value is -1.28. The van der Waals surface area contributed by atoms with Crippen LogP contribution in [0.25, 0.3) is 6.08 Å². The molecule has 0 aliphatic rings. The first-order chi connectivity index (χ1) is 5.83. The number of ether oxygens (including phenoxy) is 1. The van der Waals surface area contributed by atoms with Gasteiger partial charge in [-0.25, -0.2) is 0 Å². The Morgan fingerprint density at radius 2 is 1.92 bits per heavy atom. The molecule has 2 nitrogen and oxygen atoms in total. The van der Waals surface area contributed by atoms with Gasteiger partial charge in [-0.2, -0.15) is 0 Å². The highest BCUT2D eigenvalue weighted by atomic mass is 35.5. The second-order valence-electron chi connectivity index (χ2n) is 2.31. The van der Waals surface area contributed by atoms with Gasteiger partial charge < -0.3 is 4.74 Å². The van der Waals surface area contributed by atoms with Crippen LogP contribution in [-0.2, 0) is 4.74 Å². The van der Waals surface area contributed by atoms with E-state index in [1.54, 1.807) is 6.08 Å². The molecule has 0 aliphatic carbocycles. The summed E-state index contributed by atoms with van der Waals surface area (Å²) in [7, 11) is 1.48.